The van der Waals surface area contributed by atoms with Crippen LogP contribution in [0.1, 0.15) is 68.2 Å². The van der Waals surface area contributed by atoms with Gasteiger partial charge in [-0.2, -0.15) is 0 Å². The van der Waals surface area contributed by atoms with Crippen molar-refractivity contribution in [1.82, 2.24) is 0 Å². The van der Waals surface area contributed by atoms with E-state index in [1.54, 1.807) is 0 Å². The topological polar surface area (TPSA) is 3.24 Å². The van der Waals surface area contributed by atoms with Crippen LogP contribution in [-0.4, -0.2) is 0 Å². The summed E-state index contributed by atoms with van der Waals surface area (Å²) in [5.74, 6) is 0. The summed E-state index contributed by atoms with van der Waals surface area (Å²) in [5, 5.41) is 0. The van der Waals surface area contributed by atoms with E-state index >= 15 is 0 Å². The summed E-state index contributed by atoms with van der Waals surface area (Å²) in [6, 6.07) is 79.5. The van der Waals surface area contributed by atoms with Gasteiger partial charge >= 0.3 is 0 Å². The third kappa shape index (κ3) is 6.05. The maximum absolute atomic E-state index is 2.56. The minimum atomic E-state index is -0.0978. The Hall–Kier alpha value is -7.22. The van der Waals surface area contributed by atoms with Crippen LogP contribution in [0, 0.1) is 0 Å². The molecule has 3 aliphatic carbocycles. The SMILES string of the molecule is CC1(C)c2ccccc2-c2cccc(-c3ccc(N(c4ccc5c(c4)C4(CCCCC4)c4ccccc4-5)c4ccccc4-c4cccc(-c5ccccc5-c5ccccc5)c4)cc3)c21. The lowest BCUT2D eigenvalue weighted by Crippen LogP contribution is -2.28. The number of benzene rings is 9. The van der Waals surface area contributed by atoms with Crippen molar-refractivity contribution in [2.45, 2.75) is 56.8 Å². The van der Waals surface area contributed by atoms with Crippen LogP contribution in [0.5, 0.6) is 0 Å². The third-order valence-electron chi connectivity index (χ3n) is 14.9. The van der Waals surface area contributed by atoms with Crippen molar-refractivity contribution in [3.8, 4) is 66.8 Å². The Kier molecular flexibility index (Phi) is 9.16. The average molecular weight is 822 g/mol. The normalized spacial score (nSPS) is 15.0. The summed E-state index contributed by atoms with van der Waals surface area (Å²) < 4.78 is 0. The fourth-order valence-corrected chi connectivity index (χ4v) is 12.0. The van der Waals surface area contributed by atoms with E-state index in [0.29, 0.717) is 0 Å². The highest BCUT2D eigenvalue weighted by molar-refractivity contribution is 5.94. The van der Waals surface area contributed by atoms with E-state index in [4.69, 9.17) is 0 Å². The van der Waals surface area contributed by atoms with Gasteiger partial charge in [0, 0.05) is 27.8 Å². The number of rotatable bonds is 7. The maximum Gasteiger partial charge on any atom is 0.0540 e. The quantitative estimate of drug-likeness (QED) is 0.155. The Morgan fingerprint density at radius 3 is 1.58 bits per heavy atom. The second-order valence-corrected chi connectivity index (χ2v) is 18.7. The van der Waals surface area contributed by atoms with Crippen LogP contribution in [0.4, 0.5) is 17.1 Å². The Morgan fingerprint density at radius 1 is 0.328 bits per heavy atom. The summed E-state index contributed by atoms with van der Waals surface area (Å²) in [5.41, 5.74) is 24.6. The van der Waals surface area contributed by atoms with Crippen molar-refractivity contribution >= 4 is 17.1 Å². The van der Waals surface area contributed by atoms with Crippen LogP contribution in [0.25, 0.3) is 66.8 Å². The monoisotopic (exact) mass is 821 g/mol. The molecule has 0 amide bonds. The molecule has 308 valence electrons. The van der Waals surface area contributed by atoms with Gasteiger partial charge in [-0.25, -0.2) is 0 Å². The standard InChI is InChI=1S/C63H51N/c1-62(2)57-30-12-9-27-54(57)56-29-18-28-52(61(56)62)44-33-35-47(36-34-44)64(48-37-38-55-53-26-10-13-31-58(53)63(59(55)42-48)39-15-4-16-40-63)60-32-14-11-25-51(60)46-22-17-21-45(41-46)50-24-8-7-23-49(50)43-19-5-3-6-20-43/h3,5-14,17-38,41-42H,4,15-16,39-40H2,1-2H3. The smallest absolute Gasteiger partial charge is 0.0540 e. The van der Waals surface area contributed by atoms with E-state index in [1.807, 2.05) is 0 Å². The molecule has 0 unspecified atom stereocenters. The number of anilines is 3. The lowest BCUT2D eigenvalue weighted by molar-refractivity contribution is 0.353. The van der Waals surface area contributed by atoms with Crippen LogP contribution in [0.2, 0.25) is 0 Å². The molecule has 1 saturated carbocycles. The zero-order valence-electron chi connectivity index (χ0n) is 36.7. The van der Waals surface area contributed by atoms with Gasteiger partial charge in [0.25, 0.3) is 0 Å². The van der Waals surface area contributed by atoms with Gasteiger partial charge < -0.3 is 4.90 Å². The summed E-state index contributed by atoms with van der Waals surface area (Å²) in [4.78, 5) is 2.53. The number of hydrogen-bond acceptors (Lipinski definition) is 1. The van der Waals surface area contributed by atoms with Crippen molar-refractivity contribution in [3.63, 3.8) is 0 Å². The zero-order chi connectivity index (χ0) is 42.8. The molecule has 1 nitrogen and oxygen atoms in total. The summed E-state index contributed by atoms with van der Waals surface area (Å²) in [7, 11) is 0. The predicted molar refractivity (Wildman–Crippen MR) is 270 cm³/mol. The molecule has 0 atom stereocenters. The van der Waals surface area contributed by atoms with Gasteiger partial charge in [-0.15, -0.1) is 0 Å². The van der Waals surface area contributed by atoms with Crippen molar-refractivity contribution in [1.29, 1.82) is 0 Å². The zero-order valence-corrected chi connectivity index (χ0v) is 36.7. The molecule has 1 spiro atoms. The van der Waals surface area contributed by atoms with Crippen LogP contribution in [0.3, 0.4) is 0 Å². The Balaban J connectivity index is 1.02. The molecule has 9 aromatic carbocycles. The second kappa shape index (κ2) is 15.2. The molecule has 1 heteroatoms. The fraction of sp³-hybridized carbons (Fsp3) is 0.143. The van der Waals surface area contributed by atoms with Crippen LogP contribution >= 0.6 is 0 Å². The minimum Gasteiger partial charge on any atom is -0.310 e. The molecule has 1 fully saturated rings. The number of hydrogen-bond donors (Lipinski definition) is 0. The van der Waals surface area contributed by atoms with Gasteiger partial charge in [-0.3, -0.25) is 0 Å². The Labute approximate surface area is 378 Å². The molecule has 0 N–H and O–H groups in total. The highest BCUT2D eigenvalue weighted by Gasteiger charge is 2.44. The van der Waals surface area contributed by atoms with Gasteiger partial charge in [-0.05, 0) is 133 Å². The highest BCUT2D eigenvalue weighted by Crippen LogP contribution is 2.57. The molecule has 0 aliphatic heterocycles. The first-order chi connectivity index (χ1) is 31.5. The van der Waals surface area contributed by atoms with E-state index in [-0.39, 0.29) is 10.8 Å². The molecule has 0 aromatic heterocycles. The molecular weight excluding hydrogens is 771 g/mol. The molecule has 3 aliphatic rings. The molecular formula is C63H51N. The summed E-state index contributed by atoms with van der Waals surface area (Å²) >= 11 is 0. The molecule has 0 radical (unpaired) electrons. The van der Waals surface area contributed by atoms with Crippen molar-refractivity contribution in [2.75, 3.05) is 4.90 Å². The molecule has 0 heterocycles. The van der Waals surface area contributed by atoms with Crippen LogP contribution < -0.4 is 4.90 Å². The second-order valence-electron chi connectivity index (χ2n) is 18.7. The Bertz CT molecular complexity index is 3220. The van der Waals surface area contributed by atoms with Gasteiger partial charge in [0.05, 0.1) is 5.69 Å². The summed E-state index contributed by atoms with van der Waals surface area (Å²) in [6.07, 6.45) is 6.24. The van der Waals surface area contributed by atoms with E-state index in [0.717, 1.165) is 11.4 Å². The lowest BCUT2D eigenvalue weighted by atomic mass is 9.68. The Morgan fingerprint density at radius 2 is 0.828 bits per heavy atom. The molecule has 12 rings (SSSR count). The molecule has 9 aromatic rings. The average Bonchev–Trinajstić information content (AvgIpc) is 3.76. The first kappa shape index (κ1) is 38.5. The van der Waals surface area contributed by atoms with Crippen LogP contribution in [-0.2, 0) is 10.8 Å². The van der Waals surface area contributed by atoms with E-state index < -0.39 is 0 Å². The first-order valence-electron chi connectivity index (χ1n) is 23.2. The number of nitrogens with zero attached hydrogens (tertiary/aromatic N) is 1. The predicted octanol–water partition coefficient (Wildman–Crippen LogP) is 17.4. The van der Waals surface area contributed by atoms with E-state index in [2.05, 4.69) is 231 Å². The van der Waals surface area contributed by atoms with Gasteiger partial charge in [0.2, 0.25) is 0 Å². The first-order valence-corrected chi connectivity index (χ1v) is 23.2. The summed E-state index contributed by atoms with van der Waals surface area (Å²) in [6.45, 7) is 4.77. The largest absolute Gasteiger partial charge is 0.310 e. The number of fused-ring (bicyclic) bond motifs is 8. The van der Waals surface area contributed by atoms with Gasteiger partial charge in [0.1, 0.15) is 0 Å². The molecule has 0 bridgehead atoms. The van der Waals surface area contributed by atoms with E-state index in [1.165, 1.54) is 127 Å². The third-order valence-corrected chi connectivity index (χ3v) is 14.9. The maximum atomic E-state index is 2.56. The fourth-order valence-electron chi connectivity index (χ4n) is 12.0. The molecule has 0 saturated heterocycles. The van der Waals surface area contributed by atoms with E-state index in [9.17, 15) is 0 Å². The molecule has 64 heavy (non-hydrogen) atoms. The van der Waals surface area contributed by atoms with Crippen LogP contribution in [0.15, 0.2) is 212 Å². The van der Waals surface area contributed by atoms with Crippen molar-refractivity contribution in [2.24, 2.45) is 0 Å². The minimum absolute atomic E-state index is 0.0494. The van der Waals surface area contributed by atoms with Crippen molar-refractivity contribution in [3.05, 3.63) is 235 Å². The van der Waals surface area contributed by atoms with Crippen molar-refractivity contribution < 1.29 is 0 Å². The van der Waals surface area contributed by atoms with Gasteiger partial charge in [-0.1, -0.05) is 209 Å². The van der Waals surface area contributed by atoms with Gasteiger partial charge in [0.15, 0.2) is 0 Å². The number of para-hydroxylation sites is 1. The lowest BCUT2D eigenvalue weighted by Gasteiger charge is -2.37. The highest BCUT2D eigenvalue weighted by atomic mass is 15.1.